The Morgan fingerprint density at radius 3 is 2.48 bits per heavy atom. The van der Waals surface area contributed by atoms with Crippen LogP contribution in [-0.2, 0) is 6.54 Å². The lowest BCUT2D eigenvalue weighted by atomic mass is 10.0. The first-order chi connectivity index (χ1) is 15.7. The van der Waals surface area contributed by atoms with Crippen LogP contribution in [0.25, 0.3) is 0 Å². The van der Waals surface area contributed by atoms with Crippen molar-refractivity contribution in [2.24, 2.45) is 4.99 Å². The Bertz CT molecular complexity index is 894. The molecule has 0 amide bonds. The Labute approximate surface area is 214 Å². The molecule has 1 unspecified atom stereocenters. The Balaban J connectivity index is 0.00000385. The second-order valence-corrected chi connectivity index (χ2v) is 8.20. The lowest BCUT2D eigenvalue weighted by molar-refractivity contribution is 0.164. The smallest absolute Gasteiger partial charge is 0.250 e. The highest BCUT2D eigenvalue weighted by molar-refractivity contribution is 14.0. The van der Waals surface area contributed by atoms with Gasteiger partial charge in [-0.2, -0.15) is 0 Å². The minimum atomic E-state index is 0. The summed E-state index contributed by atoms with van der Waals surface area (Å²) in [5.74, 6) is 1.70. The van der Waals surface area contributed by atoms with Crippen LogP contribution in [0.15, 0.2) is 58.4 Å². The molecule has 0 radical (unpaired) electrons. The van der Waals surface area contributed by atoms with Crippen LogP contribution in [0.1, 0.15) is 43.7 Å². The maximum Gasteiger partial charge on any atom is 0.250 e. The van der Waals surface area contributed by atoms with Crippen molar-refractivity contribution in [3.8, 4) is 5.75 Å². The Morgan fingerprint density at radius 2 is 1.82 bits per heavy atom. The number of aromatic nitrogens is 1. The van der Waals surface area contributed by atoms with Crippen LogP contribution in [0.4, 0.5) is 0 Å². The predicted molar refractivity (Wildman–Crippen MR) is 146 cm³/mol. The highest BCUT2D eigenvalue weighted by Gasteiger charge is 2.22. The molecule has 0 saturated carbocycles. The van der Waals surface area contributed by atoms with Crippen LogP contribution in [0, 0.1) is 0 Å². The molecule has 1 aliphatic rings. The van der Waals surface area contributed by atoms with Gasteiger partial charge in [0, 0.05) is 38.9 Å². The number of nitrogens with zero attached hydrogens (tertiary/aromatic N) is 3. The highest BCUT2D eigenvalue weighted by Crippen LogP contribution is 2.25. The first kappa shape index (κ1) is 27.2. The Hall–Kier alpha value is -2.07. The van der Waals surface area contributed by atoms with E-state index in [1.807, 2.05) is 31.4 Å². The zero-order valence-corrected chi connectivity index (χ0v) is 22.2. The Kier molecular flexibility index (Phi) is 12.3. The van der Waals surface area contributed by atoms with Crippen molar-refractivity contribution >= 4 is 29.9 Å². The molecule has 1 atom stereocenters. The quantitative estimate of drug-likeness (QED) is 0.199. The number of aliphatic imine (C=N–C) groups is 1. The number of hydrogen-bond acceptors (Lipinski definition) is 4. The number of unbranched alkanes of at least 4 members (excludes halogenated alkanes) is 1. The van der Waals surface area contributed by atoms with E-state index < -0.39 is 0 Å². The Morgan fingerprint density at radius 1 is 1.06 bits per heavy atom. The topological polar surface area (TPSA) is 70.9 Å². The molecule has 1 saturated heterocycles. The first-order valence-corrected chi connectivity index (χ1v) is 11.7. The number of methoxy groups -OCH3 is 1. The van der Waals surface area contributed by atoms with Gasteiger partial charge in [-0.3, -0.25) is 14.7 Å². The van der Waals surface area contributed by atoms with Gasteiger partial charge < -0.3 is 19.9 Å². The van der Waals surface area contributed by atoms with Crippen molar-refractivity contribution in [2.75, 3.05) is 40.3 Å². The predicted octanol–water partition coefficient (Wildman–Crippen LogP) is 3.65. The van der Waals surface area contributed by atoms with Crippen LogP contribution in [0.2, 0.25) is 0 Å². The normalized spacial score (nSPS) is 15.4. The number of benzene rings is 1. The largest absolute Gasteiger partial charge is 0.497 e. The van der Waals surface area contributed by atoms with Crippen molar-refractivity contribution < 1.29 is 4.74 Å². The van der Waals surface area contributed by atoms with Crippen LogP contribution in [0.5, 0.6) is 5.75 Å². The molecule has 0 bridgehead atoms. The number of likely N-dealkylation sites (tertiary alicyclic amines) is 1. The van der Waals surface area contributed by atoms with Crippen molar-refractivity contribution in [1.82, 2.24) is 20.1 Å². The number of halogens is 1. The number of hydrogen-bond donors (Lipinski definition) is 2. The molecule has 3 rings (SSSR count). The van der Waals surface area contributed by atoms with E-state index in [0.29, 0.717) is 6.04 Å². The van der Waals surface area contributed by atoms with Gasteiger partial charge >= 0.3 is 0 Å². The molecule has 1 aliphatic heterocycles. The standard InChI is InChI=1S/C25H37N5O2.HI/c1-26-25(27-15-5-9-19-30-18-8-4-10-24(30)31)28-20-23(29-16-6-3-7-17-29)21-11-13-22(32-2)14-12-21;/h4,8,10-14,18,23H,3,5-7,9,15-17,19-20H2,1-2H3,(H2,26,27,28);1H. The van der Waals surface area contributed by atoms with E-state index in [2.05, 4.69) is 32.7 Å². The van der Waals surface area contributed by atoms with Gasteiger partial charge in [0.1, 0.15) is 5.75 Å². The van der Waals surface area contributed by atoms with Gasteiger partial charge in [-0.05, 0) is 62.5 Å². The van der Waals surface area contributed by atoms with Gasteiger partial charge in [0.15, 0.2) is 5.96 Å². The zero-order valence-electron chi connectivity index (χ0n) is 19.8. The number of ether oxygens (including phenoxy) is 1. The van der Waals surface area contributed by atoms with E-state index in [9.17, 15) is 4.79 Å². The fourth-order valence-corrected chi connectivity index (χ4v) is 4.19. The SMILES string of the molecule is CN=C(NCCCCn1ccccc1=O)NCC(c1ccc(OC)cc1)N1CCCCC1.I. The summed E-state index contributed by atoms with van der Waals surface area (Å²) in [6.45, 7) is 4.61. The second kappa shape index (κ2) is 15.0. The number of pyridine rings is 1. The monoisotopic (exact) mass is 567 g/mol. The lowest BCUT2D eigenvalue weighted by Crippen LogP contribution is -2.44. The summed E-state index contributed by atoms with van der Waals surface area (Å²) in [6, 6.07) is 14.0. The van der Waals surface area contributed by atoms with Gasteiger partial charge in [-0.15, -0.1) is 24.0 Å². The van der Waals surface area contributed by atoms with Crippen LogP contribution >= 0.6 is 24.0 Å². The molecule has 1 fully saturated rings. The van der Waals surface area contributed by atoms with Gasteiger partial charge in [0.05, 0.1) is 13.2 Å². The molecular weight excluding hydrogens is 529 g/mol. The van der Waals surface area contributed by atoms with Crippen molar-refractivity contribution in [3.05, 3.63) is 64.6 Å². The minimum Gasteiger partial charge on any atom is -0.497 e. The zero-order chi connectivity index (χ0) is 22.6. The third-order valence-electron chi connectivity index (χ3n) is 6.04. The lowest BCUT2D eigenvalue weighted by Gasteiger charge is -2.35. The molecule has 0 aliphatic carbocycles. The van der Waals surface area contributed by atoms with E-state index in [-0.39, 0.29) is 29.5 Å². The van der Waals surface area contributed by atoms with Crippen molar-refractivity contribution in [2.45, 2.75) is 44.7 Å². The van der Waals surface area contributed by atoms with E-state index in [1.54, 1.807) is 23.8 Å². The molecule has 0 spiro atoms. The first-order valence-electron chi connectivity index (χ1n) is 11.7. The minimum absolute atomic E-state index is 0. The second-order valence-electron chi connectivity index (χ2n) is 8.20. The summed E-state index contributed by atoms with van der Waals surface area (Å²) in [5.41, 5.74) is 1.35. The number of rotatable bonds is 10. The average molecular weight is 568 g/mol. The molecule has 1 aromatic carbocycles. The molecule has 2 aromatic rings. The molecule has 33 heavy (non-hydrogen) atoms. The summed E-state index contributed by atoms with van der Waals surface area (Å²) in [6.07, 6.45) is 7.58. The average Bonchev–Trinajstić information content (AvgIpc) is 2.84. The highest BCUT2D eigenvalue weighted by atomic mass is 127. The molecule has 7 nitrogen and oxygen atoms in total. The van der Waals surface area contributed by atoms with Crippen LogP contribution < -0.4 is 20.9 Å². The maximum atomic E-state index is 11.8. The summed E-state index contributed by atoms with van der Waals surface area (Å²) >= 11 is 0. The van der Waals surface area contributed by atoms with Crippen LogP contribution in [-0.4, -0.2) is 55.8 Å². The van der Waals surface area contributed by atoms with E-state index >= 15 is 0 Å². The third-order valence-corrected chi connectivity index (χ3v) is 6.04. The summed E-state index contributed by atoms with van der Waals surface area (Å²) < 4.78 is 7.09. The molecule has 2 heterocycles. The molecule has 1 aromatic heterocycles. The fourth-order valence-electron chi connectivity index (χ4n) is 4.19. The third kappa shape index (κ3) is 8.66. The number of nitrogens with one attached hydrogen (secondary N) is 2. The van der Waals surface area contributed by atoms with Gasteiger partial charge in [-0.25, -0.2) is 0 Å². The summed E-state index contributed by atoms with van der Waals surface area (Å²) in [5, 5.41) is 6.93. The van der Waals surface area contributed by atoms with E-state index in [1.165, 1.54) is 24.8 Å². The number of guanidine groups is 1. The van der Waals surface area contributed by atoms with Gasteiger partial charge in [0.25, 0.3) is 0 Å². The molecule has 182 valence electrons. The molecule has 8 heteroatoms. The van der Waals surface area contributed by atoms with Crippen LogP contribution in [0.3, 0.4) is 0 Å². The van der Waals surface area contributed by atoms with Crippen molar-refractivity contribution in [3.63, 3.8) is 0 Å². The van der Waals surface area contributed by atoms with Gasteiger partial charge in [-0.1, -0.05) is 24.6 Å². The molecule has 2 N–H and O–H groups in total. The number of piperidine rings is 1. The summed E-state index contributed by atoms with van der Waals surface area (Å²) in [7, 11) is 3.51. The maximum absolute atomic E-state index is 11.8. The fraction of sp³-hybridized carbons (Fsp3) is 0.520. The number of aryl methyl sites for hydroxylation is 1. The van der Waals surface area contributed by atoms with Crippen molar-refractivity contribution in [1.29, 1.82) is 0 Å². The van der Waals surface area contributed by atoms with E-state index in [4.69, 9.17) is 4.74 Å². The van der Waals surface area contributed by atoms with E-state index in [0.717, 1.165) is 57.3 Å². The summed E-state index contributed by atoms with van der Waals surface area (Å²) in [4.78, 5) is 18.7. The molecular formula is C25H38IN5O2. The van der Waals surface area contributed by atoms with Gasteiger partial charge in [0.2, 0.25) is 5.56 Å².